The van der Waals surface area contributed by atoms with Crippen LogP contribution >= 0.6 is 0 Å². The van der Waals surface area contributed by atoms with E-state index in [4.69, 9.17) is 14.2 Å². The third-order valence-electron chi connectivity index (χ3n) is 3.55. The lowest BCUT2D eigenvalue weighted by Gasteiger charge is -2.14. The van der Waals surface area contributed by atoms with E-state index in [0.29, 0.717) is 17.6 Å². The van der Waals surface area contributed by atoms with Crippen molar-refractivity contribution in [2.45, 2.75) is 13.0 Å². The maximum atomic E-state index is 13.6. The minimum Gasteiger partial charge on any atom is -0.454 e. The molecule has 2 aromatic rings. The predicted molar refractivity (Wildman–Crippen MR) is 82.4 cm³/mol. The number of halogens is 3. The van der Waals surface area contributed by atoms with Crippen molar-refractivity contribution in [3.8, 4) is 11.5 Å². The third kappa shape index (κ3) is 3.41. The highest BCUT2D eigenvalue weighted by molar-refractivity contribution is 5.97. The van der Waals surface area contributed by atoms with Gasteiger partial charge in [0.2, 0.25) is 6.79 Å². The van der Waals surface area contributed by atoms with Gasteiger partial charge in [0.25, 0.3) is 5.91 Å². The number of hydrogen-bond donors (Lipinski definition) is 1. The quantitative estimate of drug-likeness (QED) is 0.664. The topological polar surface area (TPSA) is 73.9 Å². The van der Waals surface area contributed by atoms with Gasteiger partial charge < -0.3 is 19.5 Å². The maximum absolute atomic E-state index is 13.6. The fourth-order valence-electron chi connectivity index (χ4n) is 2.16. The maximum Gasteiger partial charge on any atom is 0.339 e. The van der Waals surface area contributed by atoms with Crippen LogP contribution in [-0.2, 0) is 9.53 Å². The summed E-state index contributed by atoms with van der Waals surface area (Å²) in [4.78, 5) is 24.1. The molecule has 3 rings (SSSR count). The van der Waals surface area contributed by atoms with E-state index in [0.717, 1.165) is 6.07 Å². The first-order valence-corrected chi connectivity index (χ1v) is 7.42. The van der Waals surface area contributed by atoms with Crippen molar-refractivity contribution in [1.82, 2.24) is 0 Å². The molecule has 0 aliphatic carbocycles. The molecule has 6 nitrogen and oxygen atoms in total. The van der Waals surface area contributed by atoms with Gasteiger partial charge in [0.1, 0.15) is 0 Å². The summed E-state index contributed by atoms with van der Waals surface area (Å²) in [6, 6.07) is 5.86. The lowest BCUT2D eigenvalue weighted by atomic mass is 10.2. The van der Waals surface area contributed by atoms with Gasteiger partial charge in [0.15, 0.2) is 35.1 Å². The van der Waals surface area contributed by atoms with Crippen molar-refractivity contribution in [3.63, 3.8) is 0 Å². The number of fused-ring (bicyclic) bond motifs is 1. The van der Waals surface area contributed by atoms with Crippen molar-refractivity contribution >= 4 is 17.6 Å². The Balaban J connectivity index is 1.66. The standard InChI is InChI=1S/C17H12F3NO5/c1-8(16(22)21-11-4-3-10(18)14(19)15(11)20)26-17(23)9-2-5-12-13(6-9)25-7-24-12/h2-6,8H,7H2,1H3,(H,21,22). The Morgan fingerprint density at radius 1 is 1.08 bits per heavy atom. The van der Waals surface area contributed by atoms with E-state index in [1.54, 1.807) is 0 Å². The molecule has 1 atom stereocenters. The largest absolute Gasteiger partial charge is 0.454 e. The molecule has 1 unspecified atom stereocenters. The van der Waals surface area contributed by atoms with E-state index in [9.17, 15) is 22.8 Å². The monoisotopic (exact) mass is 367 g/mol. The van der Waals surface area contributed by atoms with Gasteiger partial charge in [-0.3, -0.25) is 4.79 Å². The molecule has 136 valence electrons. The number of rotatable bonds is 4. The minimum atomic E-state index is -1.71. The predicted octanol–water partition coefficient (Wildman–Crippen LogP) is 3.02. The zero-order valence-corrected chi connectivity index (χ0v) is 13.3. The normalized spacial score (nSPS) is 13.2. The molecular formula is C17H12F3NO5. The zero-order valence-electron chi connectivity index (χ0n) is 13.3. The number of anilines is 1. The summed E-state index contributed by atoms with van der Waals surface area (Å²) in [6.45, 7) is 1.28. The molecule has 1 N–H and O–H groups in total. The number of ether oxygens (including phenoxy) is 3. The van der Waals surface area contributed by atoms with Gasteiger partial charge in [0, 0.05) is 0 Å². The molecule has 0 bridgehead atoms. The van der Waals surface area contributed by atoms with Gasteiger partial charge in [-0.1, -0.05) is 0 Å². The van der Waals surface area contributed by atoms with Gasteiger partial charge in [-0.25, -0.2) is 18.0 Å². The SMILES string of the molecule is CC(OC(=O)c1ccc2c(c1)OCO2)C(=O)Nc1ccc(F)c(F)c1F. The highest BCUT2D eigenvalue weighted by Gasteiger charge is 2.23. The van der Waals surface area contributed by atoms with E-state index >= 15 is 0 Å². The molecule has 2 aromatic carbocycles. The van der Waals surface area contributed by atoms with Crippen molar-refractivity contribution in [2.75, 3.05) is 12.1 Å². The van der Waals surface area contributed by atoms with Crippen LogP contribution in [0.4, 0.5) is 18.9 Å². The summed E-state index contributed by atoms with van der Waals surface area (Å²) >= 11 is 0. The number of hydrogen-bond acceptors (Lipinski definition) is 5. The van der Waals surface area contributed by atoms with Crippen LogP contribution in [0, 0.1) is 17.5 Å². The van der Waals surface area contributed by atoms with Crippen LogP contribution in [0.1, 0.15) is 17.3 Å². The summed E-state index contributed by atoms with van der Waals surface area (Å²) in [5.74, 6) is -5.55. The molecular weight excluding hydrogens is 355 g/mol. The molecule has 0 radical (unpaired) electrons. The van der Waals surface area contributed by atoms with Gasteiger partial charge in [-0.15, -0.1) is 0 Å². The molecule has 1 aliphatic rings. The van der Waals surface area contributed by atoms with Crippen molar-refractivity contribution in [1.29, 1.82) is 0 Å². The van der Waals surface area contributed by atoms with Crippen LogP contribution in [0.3, 0.4) is 0 Å². The smallest absolute Gasteiger partial charge is 0.339 e. The Labute approximate surface area is 145 Å². The van der Waals surface area contributed by atoms with Crippen LogP contribution in [0.5, 0.6) is 11.5 Å². The van der Waals surface area contributed by atoms with E-state index in [1.165, 1.54) is 25.1 Å². The van der Waals surface area contributed by atoms with Gasteiger partial charge in [-0.05, 0) is 37.3 Å². The Kier molecular flexibility index (Phi) is 4.70. The Bertz CT molecular complexity index is 887. The molecule has 0 aromatic heterocycles. The molecule has 1 heterocycles. The number of carbonyl (C=O) groups is 2. The lowest BCUT2D eigenvalue weighted by Crippen LogP contribution is -2.30. The van der Waals surface area contributed by atoms with Gasteiger partial charge >= 0.3 is 5.97 Å². The molecule has 0 fully saturated rings. The second-order valence-electron chi connectivity index (χ2n) is 5.33. The summed E-state index contributed by atoms with van der Waals surface area (Å²) in [7, 11) is 0. The van der Waals surface area contributed by atoms with Crippen LogP contribution in [-0.4, -0.2) is 24.8 Å². The highest BCUT2D eigenvalue weighted by Crippen LogP contribution is 2.32. The molecule has 0 saturated heterocycles. The third-order valence-corrected chi connectivity index (χ3v) is 3.55. The van der Waals surface area contributed by atoms with E-state index in [1.807, 2.05) is 5.32 Å². The molecule has 0 saturated carbocycles. The summed E-state index contributed by atoms with van der Waals surface area (Å²) in [6.07, 6.45) is -1.32. The number of nitrogens with one attached hydrogen (secondary N) is 1. The molecule has 0 spiro atoms. The Hall–Kier alpha value is -3.23. The van der Waals surface area contributed by atoms with E-state index < -0.39 is 41.1 Å². The van der Waals surface area contributed by atoms with E-state index in [-0.39, 0.29) is 12.4 Å². The van der Waals surface area contributed by atoms with Gasteiger partial charge in [-0.2, -0.15) is 0 Å². The van der Waals surface area contributed by atoms with Crippen molar-refractivity contribution in [2.24, 2.45) is 0 Å². The second kappa shape index (κ2) is 6.95. The summed E-state index contributed by atoms with van der Waals surface area (Å²) in [5.41, 5.74) is -0.451. The first-order valence-electron chi connectivity index (χ1n) is 7.42. The Morgan fingerprint density at radius 3 is 2.58 bits per heavy atom. The van der Waals surface area contributed by atoms with Crippen molar-refractivity contribution in [3.05, 3.63) is 53.3 Å². The van der Waals surface area contributed by atoms with Crippen LogP contribution in [0.15, 0.2) is 30.3 Å². The second-order valence-corrected chi connectivity index (χ2v) is 5.33. The highest BCUT2D eigenvalue weighted by atomic mass is 19.2. The Morgan fingerprint density at radius 2 is 1.81 bits per heavy atom. The summed E-state index contributed by atoms with van der Waals surface area (Å²) < 4.78 is 54.9. The lowest BCUT2D eigenvalue weighted by molar-refractivity contribution is -0.123. The van der Waals surface area contributed by atoms with Crippen LogP contribution in [0.25, 0.3) is 0 Å². The average Bonchev–Trinajstić information content (AvgIpc) is 3.09. The number of carbonyl (C=O) groups excluding carboxylic acids is 2. The average molecular weight is 367 g/mol. The first kappa shape index (κ1) is 17.6. The van der Waals surface area contributed by atoms with Gasteiger partial charge in [0.05, 0.1) is 11.3 Å². The number of esters is 1. The molecule has 9 heteroatoms. The molecule has 26 heavy (non-hydrogen) atoms. The zero-order chi connectivity index (χ0) is 18.8. The van der Waals surface area contributed by atoms with Crippen molar-refractivity contribution < 1.29 is 37.0 Å². The fourth-order valence-corrected chi connectivity index (χ4v) is 2.16. The van der Waals surface area contributed by atoms with Crippen LogP contribution in [0.2, 0.25) is 0 Å². The molecule has 1 amide bonds. The summed E-state index contributed by atoms with van der Waals surface area (Å²) in [5, 5.41) is 2.03. The number of benzene rings is 2. The van der Waals surface area contributed by atoms with E-state index in [2.05, 4.69) is 0 Å². The number of amides is 1. The van der Waals surface area contributed by atoms with Crippen LogP contribution < -0.4 is 14.8 Å². The first-order chi connectivity index (χ1) is 12.4. The minimum absolute atomic E-state index is 0.0342. The molecule has 1 aliphatic heterocycles. The fraction of sp³-hybridized carbons (Fsp3) is 0.176.